The molecule has 13 heteroatoms. The molecule has 5 N–H and O–H groups in total. The molecule has 0 unspecified atom stereocenters. The minimum absolute atomic E-state index is 0.0570. The highest BCUT2D eigenvalue weighted by Gasteiger charge is 2.21. The maximum atomic E-state index is 13.0. The molecule has 1 aromatic heterocycles. The zero-order valence-electron chi connectivity index (χ0n) is 24.0. The van der Waals surface area contributed by atoms with Crippen molar-refractivity contribution in [2.45, 2.75) is 6.92 Å². The number of nitrogens with one attached hydrogen (secondary N) is 5. The summed E-state index contributed by atoms with van der Waals surface area (Å²) in [5.41, 5.74) is 2.60. The van der Waals surface area contributed by atoms with E-state index >= 15 is 0 Å². The summed E-state index contributed by atoms with van der Waals surface area (Å²) in [4.78, 5) is 52.8. The van der Waals surface area contributed by atoms with Gasteiger partial charge in [-0.1, -0.05) is 41.4 Å². The lowest BCUT2D eigenvalue weighted by atomic mass is 10.1. The highest BCUT2D eigenvalue weighted by molar-refractivity contribution is 6.40. The molecule has 0 aliphatic rings. The highest BCUT2D eigenvalue weighted by atomic mass is 35.5. The number of aromatic amines is 1. The number of aryl methyl sites for hydroxylation is 1. The zero-order chi connectivity index (χ0) is 31.8. The number of likely N-dealkylation sites (N-methyl/N-ethyl adjacent to an activating group) is 1. The molecule has 4 aromatic rings. The molecule has 3 aromatic carbocycles. The molecule has 226 valence electrons. The molecule has 11 nitrogen and oxygen atoms in total. The monoisotopic (exact) mass is 633 g/mol. The van der Waals surface area contributed by atoms with Crippen LogP contribution in [0.1, 0.15) is 36.8 Å². The average molecular weight is 635 g/mol. The Morgan fingerprint density at radius 1 is 0.818 bits per heavy atom. The van der Waals surface area contributed by atoms with Gasteiger partial charge in [0.25, 0.3) is 17.7 Å². The molecular formula is C31H29Cl2N7O4. The van der Waals surface area contributed by atoms with Crippen molar-refractivity contribution in [2.75, 3.05) is 41.9 Å². The van der Waals surface area contributed by atoms with Gasteiger partial charge >= 0.3 is 0 Å². The molecule has 0 aliphatic heterocycles. The van der Waals surface area contributed by atoms with Crippen molar-refractivity contribution >= 4 is 69.6 Å². The average Bonchev–Trinajstić information content (AvgIpc) is 3.42. The lowest BCUT2D eigenvalue weighted by Gasteiger charge is -2.12. The van der Waals surface area contributed by atoms with Crippen molar-refractivity contribution in [1.82, 2.24) is 15.1 Å². The second kappa shape index (κ2) is 14.5. The molecule has 0 fully saturated rings. The van der Waals surface area contributed by atoms with E-state index in [1.165, 1.54) is 24.4 Å². The first-order chi connectivity index (χ1) is 21.0. The first-order valence-electron chi connectivity index (χ1n) is 13.3. The van der Waals surface area contributed by atoms with E-state index in [0.717, 1.165) is 0 Å². The van der Waals surface area contributed by atoms with Crippen molar-refractivity contribution in [2.24, 2.45) is 0 Å². The third-order valence-corrected chi connectivity index (χ3v) is 6.79. The van der Waals surface area contributed by atoms with E-state index in [1.807, 2.05) is 19.0 Å². The zero-order valence-corrected chi connectivity index (χ0v) is 25.5. The van der Waals surface area contributed by atoms with Crippen LogP contribution in [0.15, 0.2) is 79.0 Å². The second-order valence-corrected chi connectivity index (χ2v) is 10.7. The van der Waals surface area contributed by atoms with Gasteiger partial charge in [0.2, 0.25) is 5.91 Å². The summed E-state index contributed by atoms with van der Waals surface area (Å²) in [6.07, 6.45) is 4.55. The number of halogens is 2. The van der Waals surface area contributed by atoms with Gasteiger partial charge in [0, 0.05) is 41.4 Å². The van der Waals surface area contributed by atoms with Crippen LogP contribution < -0.4 is 21.3 Å². The smallest absolute Gasteiger partial charge is 0.278 e. The fourth-order valence-electron chi connectivity index (χ4n) is 4.02. The van der Waals surface area contributed by atoms with Crippen LogP contribution in [0.3, 0.4) is 0 Å². The van der Waals surface area contributed by atoms with Crippen molar-refractivity contribution in [1.29, 1.82) is 0 Å². The summed E-state index contributed by atoms with van der Waals surface area (Å²) in [7, 11) is 3.80. The van der Waals surface area contributed by atoms with Crippen LogP contribution in [0.25, 0.3) is 0 Å². The summed E-state index contributed by atoms with van der Waals surface area (Å²) in [6, 6.07) is 16.2. The molecule has 0 radical (unpaired) electrons. The van der Waals surface area contributed by atoms with Crippen LogP contribution in [0.5, 0.6) is 0 Å². The van der Waals surface area contributed by atoms with E-state index in [-0.39, 0.29) is 38.8 Å². The van der Waals surface area contributed by atoms with Gasteiger partial charge in [0.1, 0.15) is 0 Å². The van der Waals surface area contributed by atoms with Crippen LogP contribution in [-0.4, -0.2) is 59.4 Å². The third kappa shape index (κ3) is 8.32. The number of aromatic nitrogens is 2. The second-order valence-electron chi connectivity index (χ2n) is 9.87. The van der Waals surface area contributed by atoms with Gasteiger partial charge in [-0.3, -0.25) is 24.3 Å². The van der Waals surface area contributed by atoms with E-state index in [4.69, 9.17) is 23.2 Å². The van der Waals surface area contributed by atoms with E-state index < -0.39 is 11.8 Å². The molecule has 4 amide bonds. The predicted octanol–water partition coefficient (Wildman–Crippen LogP) is 5.84. The molecule has 1 heterocycles. The van der Waals surface area contributed by atoms with E-state index in [0.29, 0.717) is 34.7 Å². The number of rotatable bonds is 10. The minimum atomic E-state index is -0.600. The fourth-order valence-corrected chi connectivity index (χ4v) is 4.59. The highest BCUT2D eigenvalue weighted by Crippen LogP contribution is 2.27. The Hall–Kier alpha value is -4.97. The SMILES string of the molecule is Cc1cc(NC(=O)c2cccc(NC(=O)/C=C/CN(C)C)c2)ccc1NC(=O)c1n[nH]cc1NC(=O)c1c(Cl)cccc1Cl. The van der Waals surface area contributed by atoms with Crippen LogP contribution in [-0.2, 0) is 4.79 Å². The van der Waals surface area contributed by atoms with E-state index in [9.17, 15) is 19.2 Å². The maximum Gasteiger partial charge on any atom is 0.278 e. The molecule has 0 saturated heterocycles. The number of carbonyl (C=O) groups is 4. The fraction of sp³-hybridized carbons (Fsp3) is 0.129. The quantitative estimate of drug-likeness (QED) is 0.139. The van der Waals surface area contributed by atoms with Gasteiger partial charge in [-0.05, 0) is 75.1 Å². The number of anilines is 4. The van der Waals surface area contributed by atoms with E-state index in [1.54, 1.807) is 61.5 Å². The summed E-state index contributed by atoms with van der Waals surface area (Å²) < 4.78 is 0. The van der Waals surface area contributed by atoms with Crippen LogP contribution in [0, 0.1) is 6.92 Å². The Labute approximate surface area is 263 Å². The molecule has 0 aliphatic carbocycles. The number of amides is 4. The van der Waals surface area contributed by atoms with E-state index in [2.05, 4.69) is 31.5 Å². The number of hydrogen-bond acceptors (Lipinski definition) is 6. The molecule has 44 heavy (non-hydrogen) atoms. The number of benzene rings is 3. The normalized spacial score (nSPS) is 11.0. The largest absolute Gasteiger partial charge is 0.322 e. The predicted molar refractivity (Wildman–Crippen MR) is 173 cm³/mol. The molecule has 0 bridgehead atoms. The van der Waals surface area contributed by atoms with Crippen molar-refractivity contribution in [3.63, 3.8) is 0 Å². The lowest BCUT2D eigenvalue weighted by molar-refractivity contribution is -0.111. The van der Waals surface area contributed by atoms with Gasteiger partial charge in [-0.25, -0.2) is 0 Å². The van der Waals surface area contributed by atoms with Crippen molar-refractivity contribution in [3.05, 3.63) is 111 Å². The Morgan fingerprint density at radius 2 is 1.50 bits per heavy atom. The Kier molecular flexibility index (Phi) is 10.5. The maximum absolute atomic E-state index is 13.0. The van der Waals surface area contributed by atoms with Gasteiger partial charge in [-0.15, -0.1) is 0 Å². The Bertz CT molecular complexity index is 1730. The molecule has 0 spiro atoms. The summed E-state index contributed by atoms with van der Waals surface area (Å²) in [5.74, 6) is -1.86. The van der Waals surface area contributed by atoms with Crippen molar-refractivity contribution in [3.8, 4) is 0 Å². The Morgan fingerprint density at radius 3 is 2.20 bits per heavy atom. The van der Waals surface area contributed by atoms with Gasteiger partial charge in [-0.2, -0.15) is 5.10 Å². The van der Waals surface area contributed by atoms with Crippen LogP contribution >= 0.6 is 23.2 Å². The lowest BCUT2D eigenvalue weighted by Crippen LogP contribution is -2.19. The van der Waals surface area contributed by atoms with Gasteiger partial charge < -0.3 is 26.2 Å². The summed E-state index contributed by atoms with van der Waals surface area (Å²) >= 11 is 12.3. The Balaban J connectivity index is 1.39. The van der Waals surface area contributed by atoms with Gasteiger partial charge in [0.05, 0.1) is 21.3 Å². The first-order valence-corrected chi connectivity index (χ1v) is 14.0. The molecule has 0 atom stereocenters. The number of nitrogens with zero attached hydrogens (tertiary/aromatic N) is 2. The first kappa shape index (κ1) is 32.0. The van der Waals surface area contributed by atoms with Gasteiger partial charge in [0.15, 0.2) is 5.69 Å². The standard InChI is InChI=1S/C31H29Cl2N7O4/c1-18-15-21(36-29(42)19-7-4-8-20(16-19)35-26(41)11-6-14-40(2)3)12-13-24(18)37-31(44)28-25(17-34-39-28)38-30(43)27-22(32)9-5-10-23(27)33/h4-13,15-17H,14H2,1-3H3,(H,34,39)(H,35,41)(H,36,42)(H,37,44)(H,38,43)/b11-6+. The van der Waals surface area contributed by atoms with Crippen LogP contribution in [0.4, 0.5) is 22.7 Å². The summed E-state index contributed by atoms with van der Waals surface area (Å²) in [6.45, 7) is 2.39. The molecule has 0 saturated carbocycles. The van der Waals surface area contributed by atoms with Crippen LogP contribution in [0.2, 0.25) is 10.0 Å². The number of carbonyl (C=O) groups excluding carboxylic acids is 4. The number of H-pyrrole nitrogens is 1. The third-order valence-electron chi connectivity index (χ3n) is 6.16. The summed E-state index contributed by atoms with van der Waals surface area (Å²) in [5, 5.41) is 17.8. The molecule has 4 rings (SSSR count). The number of hydrogen-bond donors (Lipinski definition) is 5. The molecular weight excluding hydrogens is 605 g/mol. The topological polar surface area (TPSA) is 148 Å². The minimum Gasteiger partial charge on any atom is -0.322 e. The van der Waals surface area contributed by atoms with Crippen molar-refractivity contribution < 1.29 is 19.2 Å².